The van der Waals surface area contributed by atoms with Crippen molar-refractivity contribution in [3.63, 3.8) is 0 Å². The molecule has 16 heavy (non-hydrogen) atoms. The van der Waals surface area contributed by atoms with Gasteiger partial charge in [-0.05, 0) is 32.1 Å². The van der Waals surface area contributed by atoms with E-state index in [0.717, 1.165) is 25.7 Å². The average Bonchev–Trinajstić information content (AvgIpc) is 2.26. The van der Waals surface area contributed by atoms with Crippen LogP contribution >= 0.6 is 0 Å². The third kappa shape index (κ3) is 2.01. The van der Waals surface area contributed by atoms with Crippen LogP contribution in [0.4, 0.5) is 0 Å². The molecule has 2 aliphatic rings. The molecule has 0 N–H and O–H groups in total. The van der Waals surface area contributed by atoms with Gasteiger partial charge in [0.2, 0.25) is 6.29 Å². The lowest BCUT2D eigenvalue weighted by Gasteiger charge is -2.52. The standard InChI is InChI=1S/C12H20O4/c1-9(13)6-7-10-5-3-4-8-12(10)11(14-2)15-16-12/h10-11H,3-8H2,1-2H3/t10-,11?,12?/m0/s1. The molecule has 0 aromatic rings. The summed E-state index contributed by atoms with van der Waals surface area (Å²) < 4.78 is 5.28. The Morgan fingerprint density at radius 1 is 1.50 bits per heavy atom. The fraction of sp³-hybridized carbons (Fsp3) is 0.917. The maximum Gasteiger partial charge on any atom is 0.223 e. The average molecular weight is 228 g/mol. The summed E-state index contributed by atoms with van der Waals surface area (Å²) in [5.41, 5.74) is -0.275. The second-order valence-electron chi connectivity index (χ2n) is 4.89. The van der Waals surface area contributed by atoms with Gasteiger partial charge in [-0.15, -0.1) is 0 Å². The smallest absolute Gasteiger partial charge is 0.223 e. The van der Waals surface area contributed by atoms with Gasteiger partial charge in [0.25, 0.3) is 0 Å². The lowest BCUT2D eigenvalue weighted by Crippen LogP contribution is -2.62. The van der Waals surface area contributed by atoms with Gasteiger partial charge in [-0.1, -0.05) is 12.8 Å². The molecule has 1 heterocycles. The quantitative estimate of drug-likeness (QED) is 0.692. The molecule has 2 unspecified atom stereocenters. The Labute approximate surface area is 96.2 Å². The van der Waals surface area contributed by atoms with Crippen LogP contribution in [-0.4, -0.2) is 24.8 Å². The topological polar surface area (TPSA) is 44.8 Å². The summed E-state index contributed by atoms with van der Waals surface area (Å²) in [5, 5.41) is 0. The van der Waals surface area contributed by atoms with Crippen LogP contribution in [0.1, 0.15) is 45.4 Å². The zero-order valence-electron chi connectivity index (χ0n) is 10.0. The molecule has 1 aliphatic carbocycles. The highest BCUT2D eigenvalue weighted by atomic mass is 17.3. The third-order valence-electron chi connectivity index (χ3n) is 3.81. The van der Waals surface area contributed by atoms with Crippen molar-refractivity contribution >= 4 is 5.78 Å². The van der Waals surface area contributed by atoms with Crippen LogP contribution < -0.4 is 0 Å². The molecule has 92 valence electrons. The first-order valence-electron chi connectivity index (χ1n) is 6.06. The highest BCUT2D eigenvalue weighted by molar-refractivity contribution is 5.75. The number of carbonyl (C=O) groups is 1. The molecule has 3 atom stereocenters. The summed E-state index contributed by atoms with van der Waals surface area (Å²) >= 11 is 0. The van der Waals surface area contributed by atoms with Gasteiger partial charge in [-0.2, -0.15) is 0 Å². The van der Waals surface area contributed by atoms with Crippen molar-refractivity contribution in [2.75, 3.05) is 7.11 Å². The van der Waals surface area contributed by atoms with Crippen molar-refractivity contribution in [3.8, 4) is 0 Å². The Kier molecular flexibility index (Phi) is 3.62. The van der Waals surface area contributed by atoms with E-state index in [-0.39, 0.29) is 17.7 Å². The monoisotopic (exact) mass is 228 g/mol. The van der Waals surface area contributed by atoms with Crippen LogP contribution in [0.25, 0.3) is 0 Å². The molecule has 1 aliphatic heterocycles. The van der Waals surface area contributed by atoms with Crippen LogP contribution in [0.5, 0.6) is 0 Å². The minimum Gasteiger partial charge on any atom is -0.351 e. The van der Waals surface area contributed by atoms with Gasteiger partial charge in [0.05, 0.1) is 0 Å². The summed E-state index contributed by atoms with van der Waals surface area (Å²) in [6, 6.07) is 0. The van der Waals surface area contributed by atoms with Crippen molar-refractivity contribution in [2.24, 2.45) is 5.92 Å². The molecule has 1 saturated heterocycles. The molecule has 1 saturated carbocycles. The summed E-state index contributed by atoms with van der Waals surface area (Å²) in [4.78, 5) is 21.4. The molecule has 0 aromatic heterocycles. The zero-order chi connectivity index (χ0) is 11.6. The second-order valence-corrected chi connectivity index (χ2v) is 4.89. The molecule has 0 aromatic carbocycles. The molecule has 4 nitrogen and oxygen atoms in total. The van der Waals surface area contributed by atoms with Crippen LogP contribution in [0, 0.1) is 5.92 Å². The number of hydrogen-bond acceptors (Lipinski definition) is 4. The predicted octanol–water partition coefficient (Wildman–Crippen LogP) is 2.22. The molecule has 2 fully saturated rings. The Balaban J connectivity index is 1.99. The van der Waals surface area contributed by atoms with E-state index in [1.807, 2.05) is 0 Å². The van der Waals surface area contributed by atoms with Crippen molar-refractivity contribution < 1.29 is 19.3 Å². The Bertz CT molecular complexity index is 264. The third-order valence-corrected chi connectivity index (χ3v) is 3.81. The molecule has 0 amide bonds. The Hall–Kier alpha value is -0.450. The van der Waals surface area contributed by atoms with E-state index >= 15 is 0 Å². The molecule has 4 heteroatoms. The number of methoxy groups -OCH3 is 1. The second kappa shape index (κ2) is 4.82. The van der Waals surface area contributed by atoms with E-state index in [1.54, 1.807) is 14.0 Å². The number of hydrogen-bond donors (Lipinski definition) is 0. The van der Waals surface area contributed by atoms with Crippen molar-refractivity contribution in [3.05, 3.63) is 0 Å². The first-order chi connectivity index (χ1) is 7.69. The van der Waals surface area contributed by atoms with E-state index in [2.05, 4.69) is 0 Å². The summed E-state index contributed by atoms with van der Waals surface area (Å²) in [6.07, 6.45) is 5.73. The van der Waals surface area contributed by atoms with Gasteiger partial charge in [-0.3, -0.25) is 0 Å². The fourth-order valence-corrected chi connectivity index (χ4v) is 2.88. The lowest BCUT2D eigenvalue weighted by atomic mass is 9.72. The van der Waals surface area contributed by atoms with E-state index in [4.69, 9.17) is 14.5 Å². The summed E-state index contributed by atoms with van der Waals surface area (Å²) in [7, 11) is 1.64. The molecular formula is C12H20O4. The Morgan fingerprint density at radius 3 is 2.88 bits per heavy atom. The Morgan fingerprint density at radius 2 is 2.31 bits per heavy atom. The van der Waals surface area contributed by atoms with Crippen molar-refractivity contribution in [1.29, 1.82) is 0 Å². The van der Waals surface area contributed by atoms with Crippen molar-refractivity contribution in [1.82, 2.24) is 0 Å². The van der Waals surface area contributed by atoms with Gasteiger partial charge in [0.15, 0.2) is 5.60 Å². The van der Waals surface area contributed by atoms with Crippen molar-refractivity contribution in [2.45, 2.75) is 57.3 Å². The van der Waals surface area contributed by atoms with Crippen LogP contribution in [0.15, 0.2) is 0 Å². The summed E-state index contributed by atoms with van der Waals surface area (Å²) in [5.74, 6) is 0.638. The van der Waals surface area contributed by atoms with E-state index in [1.165, 1.54) is 6.42 Å². The summed E-state index contributed by atoms with van der Waals surface area (Å²) in [6.45, 7) is 1.64. The van der Waals surface area contributed by atoms with Crippen LogP contribution in [0.3, 0.4) is 0 Å². The number of rotatable bonds is 4. The first-order valence-corrected chi connectivity index (χ1v) is 6.06. The lowest BCUT2D eigenvalue weighted by molar-refractivity contribution is -0.571. The van der Waals surface area contributed by atoms with E-state index < -0.39 is 0 Å². The number of Topliss-reactive ketones (excluding diaryl/α,β-unsaturated/α-hetero) is 1. The maximum absolute atomic E-state index is 11.1. The highest BCUT2D eigenvalue weighted by Gasteiger charge is 2.57. The van der Waals surface area contributed by atoms with E-state index in [9.17, 15) is 4.79 Å². The number of ether oxygens (including phenoxy) is 1. The molecule has 0 radical (unpaired) electrons. The normalized spacial score (nSPS) is 38.4. The molecule has 1 spiro atoms. The fourth-order valence-electron chi connectivity index (χ4n) is 2.88. The van der Waals surface area contributed by atoms with Crippen LogP contribution in [0.2, 0.25) is 0 Å². The van der Waals surface area contributed by atoms with E-state index in [0.29, 0.717) is 12.3 Å². The van der Waals surface area contributed by atoms with Crippen LogP contribution in [-0.2, 0) is 19.3 Å². The number of ketones is 1. The minimum atomic E-state index is -0.275. The highest BCUT2D eigenvalue weighted by Crippen LogP contribution is 2.48. The largest absolute Gasteiger partial charge is 0.351 e. The molecule has 0 bridgehead atoms. The van der Waals surface area contributed by atoms with Gasteiger partial charge in [-0.25, -0.2) is 9.78 Å². The minimum absolute atomic E-state index is 0.245. The van der Waals surface area contributed by atoms with Gasteiger partial charge in [0.1, 0.15) is 5.78 Å². The number of carbonyl (C=O) groups excluding carboxylic acids is 1. The predicted molar refractivity (Wildman–Crippen MR) is 57.6 cm³/mol. The zero-order valence-corrected chi connectivity index (χ0v) is 10.0. The molecule has 2 rings (SSSR count). The maximum atomic E-state index is 11.1. The molecular weight excluding hydrogens is 208 g/mol. The first kappa shape index (κ1) is 12.0. The SMILES string of the molecule is COC1OOC12CCCC[C@H]2CCC(C)=O. The van der Waals surface area contributed by atoms with Gasteiger partial charge >= 0.3 is 0 Å². The van der Waals surface area contributed by atoms with Gasteiger partial charge in [0, 0.05) is 13.5 Å². The van der Waals surface area contributed by atoms with Gasteiger partial charge < -0.3 is 9.53 Å².